The van der Waals surface area contributed by atoms with Gasteiger partial charge in [-0.3, -0.25) is 9.78 Å². The second-order valence-electron chi connectivity index (χ2n) is 5.96. The van der Waals surface area contributed by atoms with Gasteiger partial charge in [-0.2, -0.15) is 0 Å². The van der Waals surface area contributed by atoms with Crippen molar-refractivity contribution < 1.29 is 14.3 Å². The first-order valence-corrected chi connectivity index (χ1v) is 7.90. The van der Waals surface area contributed by atoms with E-state index in [1.54, 1.807) is 6.20 Å². The van der Waals surface area contributed by atoms with Crippen molar-refractivity contribution in [3.05, 3.63) is 54.4 Å². The van der Waals surface area contributed by atoms with Crippen molar-refractivity contribution in [1.82, 2.24) is 4.98 Å². The molecule has 0 bridgehead atoms. The number of rotatable bonds is 4. The number of hydrogen-bond donors (Lipinski definition) is 0. The highest BCUT2D eigenvalue weighted by Crippen LogP contribution is 2.38. The monoisotopic (exact) mass is 311 g/mol. The number of esters is 1. The SMILES string of the molecule is COC(=O)C1(Cc2ccccc2-c2cccnc2)CCOCC1. The highest BCUT2D eigenvalue weighted by molar-refractivity contribution is 5.78. The van der Waals surface area contributed by atoms with Gasteiger partial charge in [0.15, 0.2) is 0 Å². The fraction of sp³-hybridized carbons (Fsp3) is 0.368. The summed E-state index contributed by atoms with van der Waals surface area (Å²) in [6.45, 7) is 1.20. The van der Waals surface area contributed by atoms with E-state index >= 15 is 0 Å². The largest absolute Gasteiger partial charge is 0.469 e. The van der Waals surface area contributed by atoms with Crippen LogP contribution in [0, 0.1) is 5.41 Å². The Morgan fingerprint density at radius 3 is 2.70 bits per heavy atom. The quantitative estimate of drug-likeness (QED) is 0.813. The van der Waals surface area contributed by atoms with Crippen molar-refractivity contribution in [3.63, 3.8) is 0 Å². The van der Waals surface area contributed by atoms with Crippen molar-refractivity contribution >= 4 is 5.97 Å². The number of aromatic nitrogens is 1. The molecule has 4 heteroatoms. The van der Waals surface area contributed by atoms with E-state index in [9.17, 15) is 4.79 Å². The molecule has 2 heterocycles. The number of carbonyl (C=O) groups excluding carboxylic acids is 1. The Kier molecular flexibility index (Phi) is 4.72. The molecule has 1 aromatic heterocycles. The zero-order valence-corrected chi connectivity index (χ0v) is 13.3. The van der Waals surface area contributed by atoms with Gasteiger partial charge in [0, 0.05) is 31.2 Å². The van der Waals surface area contributed by atoms with Crippen LogP contribution in [-0.4, -0.2) is 31.3 Å². The Morgan fingerprint density at radius 1 is 1.22 bits per heavy atom. The zero-order chi connectivity index (χ0) is 16.1. The number of nitrogens with zero attached hydrogens (tertiary/aromatic N) is 1. The van der Waals surface area contributed by atoms with Gasteiger partial charge < -0.3 is 9.47 Å². The fourth-order valence-corrected chi connectivity index (χ4v) is 3.27. The smallest absolute Gasteiger partial charge is 0.312 e. The number of carbonyl (C=O) groups is 1. The first-order chi connectivity index (χ1) is 11.2. The number of ether oxygens (including phenoxy) is 2. The average Bonchev–Trinajstić information content (AvgIpc) is 2.63. The molecule has 2 aromatic rings. The minimum atomic E-state index is -0.495. The zero-order valence-electron chi connectivity index (χ0n) is 13.3. The topological polar surface area (TPSA) is 48.4 Å². The lowest BCUT2D eigenvalue weighted by Crippen LogP contribution is -2.40. The summed E-state index contributed by atoms with van der Waals surface area (Å²) in [4.78, 5) is 16.7. The van der Waals surface area contributed by atoms with Crippen molar-refractivity contribution in [1.29, 1.82) is 0 Å². The molecule has 0 atom stereocenters. The fourth-order valence-electron chi connectivity index (χ4n) is 3.27. The standard InChI is InChI=1S/C19H21NO3/c1-22-18(21)19(8-11-23-12-9-19)13-15-5-2-3-7-17(15)16-6-4-10-20-14-16/h2-7,10,14H,8-9,11-13H2,1H3. The molecule has 1 aliphatic rings. The second-order valence-corrected chi connectivity index (χ2v) is 5.96. The molecule has 120 valence electrons. The van der Waals surface area contributed by atoms with Crippen molar-refractivity contribution in [2.24, 2.45) is 5.41 Å². The molecule has 1 saturated heterocycles. The Balaban J connectivity index is 1.97. The van der Waals surface area contributed by atoms with Gasteiger partial charge in [0.25, 0.3) is 0 Å². The lowest BCUT2D eigenvalue weighted by atomic mass is 9.74. The summed E-state index contributed by atoms with van der Waals surface area (Å²) in [6, 6.07) is 12.2. The van der Waals surface area contributed by atoms with Gasteiger partial charge in [0.05, 0.1) is 12.5 Å². The third-order valence-corrected chi connectivity index (χ3v) is 4.59. The minimum absolute atomic E-state index is 0.137. The van der Waals surface area contributed by atoms with E-state index in [-0.39, 0.29) is 5.97 Å². The van der Waals surface area contributed by atoms with E-state index in [0.717, 1.165) is 16.7 Å². The molecule has 0 spiro atoms. The maximum atomic E-state index is 12.5. The summed E-state index contributed by atoms with van der Waals surface area (Å²) >= 11 is 0. The third kappa shape index (κ3) is 3.27. The molecule has 23 heavy (non-hydrogen) atoms. The van der Waals surface area contributed by atoms with Gasteiger partial charge >= 0.3 is 5.97 Å². The third-order valence-electron chi connectivity index (χ3n) is 4.59. The first kappa shape index (κ1) is 15.7. The molecule has 1 aromatic carbocycles. The van der Waals surface area contributed by atoms with Gasteiger partial charge in [-0.05, 0) is 36.5 Å². The van der Waals surface area contributed by atoms with Crippen molar-refractivity contribution in [2.75, 3.05) is 20.3 Å². The molecule has 4 nitrogen and oxygen atoms in total. The molecule has 0 radical (unpaired) electrons. The van der Waals surface area contributed by atoms with Crippen LogP contribution in [-0.2, 0) is 20.7 Å². The number of methoxy groups -OCH3 is 1. The van der Waals surface area contributed by atoms with Crippen LogP contribution in [0.1, 0.15) is 18.4 Å². The summed E-state index contributed by atoms with van der Waals surface area (Å²) in [5.41, 5.74) is 2.84. The van der Waals surface area contributed by atoms with Crippen LogP contribution in [0.3, 0.4) is 0 Å². The lowest BCUT2D eigenvalue weighted by molar-refractivity contribution is -0.158. The molecular weight excluding hydrogens is 290 g/mol. The highest BCUT2D eigenvalue weighted by Gasteiger charge is 2.41. The molecule has 0 N–H and O–H groups in total. The molecule has 0 saturated carbocycles. The first-order valence-electron chi connectivity index (χ1n) is 7.90. The minimum Gasteiger partial charge on any atom is -0.469 e. The lowest BCUT2D eigenvalue weighted by Gasteiger charge is -2.35. The molecule has 0 aliphatic carbocycles. The van der Waals surface area contributed by atoms with Gasteiger partial charge in [0.1, 0.15) is 0 Å². The van der Waals surface area contributed by atoms with Crippen LogP contribution in [0.25, 0.3) is 11.1 Å². The van der Waals surface area contributed by atoms with Gasteiger partial charge in [-0.15, -0.1) is 0 Å². The maximum Gasteiger partial charge on any atom is 0.312 e. The highest BCUT2D eigenvalue weighted by atomic mass is 16.5. The predicted molar refractivity (Wildman–Crippen MR) is 87.9 cm³/mol. The second kappa shape index (κ2) is 6.92. The van der Waals surface area contributed by atoms with Crippen LogP contribution in [0.15, 0.2) is 48.8 Å². The molecular formula is C19H21NO3. The summed E-state index contributed by atoms with van der Waals surface area (Å²) < 4.78 is 10.6. The van der Waals surface area contributed by atoms with Crippen LogP contribution in [0.2, 0.25) is 0 Å². The van der Waals surface area contributed by atoms with Crippen molar-refractivity contribution in [2.45, 2.75) is 19.3 Å². The Bertz CT molecular complexity index is 663. The maximum absolute atomic E-state index is 12.5. The number of pyridine rings is 1. The Labute approximate surface area is 136 Å². The van der Waals surface area contributed by atoms with Crippen LogP contribution in [0.5, 0.6) is 0 Å². The molecule has 0 amide bonds. The predicted octanol–water partition coefficient (Wildman–Crippen LogP) is 3.26. The van der Waals surface area contributed by atoms with Gasteiger partial charge in [0.2, 0.25) is 0 Å². The number of hydrogen-bond acceptors (Lipinski definition) is 4. The van der Waals surface area contributed by atoms with E-state index in [1.165, 1.54) is 7.11 Å². The average molecular weight is 311 g/mol. The van der Waals surface area contributed by atoms with Crippen LogP contribution >= 0.6 is 0 Å². The Hall–Kier alpha value is -2.20. The summed E-state index contributed by atoms with van der Waals surface area (Å²) in [5.74, 6) is -0.137. The summed E-state index contributed by atoms with van der Waals surface area (Å²) in [6.07, 6.45) is 5.67. The number of benzene rings is 1. The molecule has 1 fully saturated rings. The van der Waals surface area contributed by atoms with Gasteiger partial charge in [-0.25, -0.2) is 0 Å². The van der Waals surface area contributed by atoms with E-state index in [0.29, 0.717) is 32.5 Å². The van der Waals surface area contributed by atoms with E-state index in [2.05, 4.69) is 17.1 Å². The molecule has 3 rings (SSSR count). The van der Waals surface area contributed by atoms with Crippen LogP contribution in [0.4, 0.5) is 0 Å². The normalized spacial score (nSPS) is 16.7. The van der Waals surface area contributed by atoms with E-state index in [4.69, 9.17) is 9.47 Å². The van der Waals surface area contributed by atoms with Crippen LogP contribution < -0.4 is 0 Å². The summed E-state index contributed by atoms with van der Waals surface area (Å²) in [7, 11) is 1.46. The molecule has 0 unspecified atom stereocenters. The Morgan fingerprint density at radius 2 is 2.00 bits per heavy atom. The summed E-state index contributed by atoms with van der Waals surface area (Å²) in [5, 5.41) is 0. The van der Waals surface area contributed by atoms with E-state index < -0.39 is 5.41 Å². The van der Waals surface area contributed by atoms with E-state index in [1.807, 2.05) is 30.5 Å². The van der Waals surface area contributed by atoms with Crippen molar-refractivity contribution in [3.8, 4) is 11.1 Å². The molecule has 1 aliphatic heterocycles. The van der Waals surface area contributed by atoms with Gasteiger partial charge in [-0.1, -0.05) is 30.3 Å².